The van der Waals surface area contributed by atoms with Crippen LogP contribution in [0.5, 0.6) is 5.75 Å². The van der Waals surface area contributed by atoms with E-state index in [2.05, 4.69) is 52.1 Å². The smallest absolute Gasteiger partial charge is 0.132 e. The summed E-state index contributed by atoms with van der Waals surface area (Å²) in [6.45, 7) is 6.55. The molecule has 0 saturated carbocycles. The maximum atomic E-state index is 6.10. The topological polar surface area (TPSA) is 64.3 Å². The van der Waals surface area contributed by atoms with E-state index in [4.69, 9.17) is 10.5 Å². The van der Waals surface area contributed by atoms with Crippen molar-refractivity contribution in [3.05, 3.63) is 47.4 Å². The number of nitrogens with two attached hydrogens (primary N) is 1. The number of hydrogen-bond donors (Lipinski definition) is 1. The summed E-state index contributed by atoms with van der Waals surface area (Å²) in [7, 11) is 0. The van der Waals surface area contributed by atoms with Gasteiger partial charge in [-0.05, 0) is 32.5 Å². The lowest BCUT2D eigenvalue weighted by Crippen LogP contribution is -2.38. The van der Waals surface area contributed by atoms with Crippen LogP contribution in [0.3, 0.4) is 0 Å². The number of aryl methyl sites for hydroxylation is 2. The fraction of sp³-hybridized carbons (Fsp3) is 0.474. The average molecular weight is 326 g/mol. The second-order valence-corrected chi connectivity index (χ2v) is 6.42. The SMILES string of the molecule is Cc1ccc(OC2CCN(c3cc(CCN)nc(C)n3)CC2)cc1. The van der Waals surface area contributed by atoms with Crippen LogP contribution in [0.1, 0.15) is 29.9 Å². The molecule has 1 aliphatic heterocycles. The van der Waals surface area contributed by atoms with Gasteiger partial charge in [-0.1, -0.05) is 17.7 Å². The first kappa shape index (κ1) is 16.7. The lowest BCUT2D eigenvalue weighted by Gasteiger charge is -2.33. The Morgan fingerprint density at radius 3 is 2.50 bits per heavy atom. The summed E-state index contributed by atoms with van der Waals surface area (Å²) in [6.07, 6.45) is 3.07. The van der Waals surface area contributed by atoms with Crippen molar-refractivity contribution in [2.45, 2.75) is 39.2 Å². The first-order valence-electron chi connectivity index (χ1n) is 8.67. The fourth-order valence-corrected chi connectivity index (χ4v) is 3.06. The number of piperidine rings is 1. The third-order valence-electron chi connectivity index (χ3n) is 4.37. The van der Waals surface area contributed by atoms with Crippen molar-refractivity contribution in [3.8, 4) is 5.75 Å². The van der Waals surface area contributed by atoms with E-state index in [1.54, 1.807) is 0 Å². The van der Waals surface area contributed by atoms with Crippen LogP contribution in [-0.2, 0) is 6.42 Å². The highest BCUT2D eigenvalue weighted by Gasteiger charge is 2.22. The quantitative estimate of drug-likeness (QED) is 0.915. The van der Waals surface area contributed by atoms with Crippen LogP contribution in [0.4, 0.5) is 5.82 Å². The summed E-state index contributed by atoms with van der Waals surface area (Å²) in [5.41, 5.74) is 7.93. The zero-order chi connectivity index (χ0) is 16.9. The van der Waals surface area contributed by atoms with Gasteiger partial charge in [-0.2, -0.15) is 0 Å². The van der Waals surface area contributed by atoms with Crippen molar-refractivity contribution in [3.63, 3.8) is 0 Å². The summed E-state index contributed by atoms with van der Waals surface area (Å²) in [6, 6.07) is 10.4. The van der Waals surface area contributed by atoms with Crippen molar-refractivity contribution in [1.29, 1.82) is 0 Å². The Kier molecular flexibility index (Phi) is 5.30. The van der Waals surface area contributed by atoms with E-state index in [0.717, 1.165) is 55.4 Å². The molecular weight excluding hydrogens is 300 g/mol. The highest BCUT2D eigenvalue weighted by atomic mass is 16.5. The van der Waals surface area contributed by atoms with E-state index in [-0.39, 0.29) is 6.10 Å². The maximum absolute atomic E-state index is 6.10. The van der Waals surface area contributed by atoms with Gasteiger partial charge in [0, 0.05) is 44.1 Å². The van der Waals surface area contributed by atoms with Crippen molar-refractivity contribution in [1.82, 2.24) is 9.97 Å². The van der Waals surface area contributed by atoms with Crippen molar-refractivity contribution < 1.29 is 4.74 Å². The highest BCUT2D eigenvalue weighted by molar-refractivity contribution is 5.40. The molecule has 128 valence electrons. The van der Waals surface area contributed by atoms with E-state index in [1.165, 1.54) is 5.56 Å². The molecule has 0 atom stereocenters. The molecule has 1 fully saturated rings. The molecule has 0 unspecified atom stereocenters. The summed E-state index contributed by atoms with van der Waals surface area (Å²) in [4.78, 5) is 11.4. The van der Waals surface area contributed by atoms with Crippen molar-refractivity contribution in [2.24, 2.45) is 5.73 Å². The molecule has 1 aromatic heterocycles. The summed E-state index contributed by atoms with van der Waals surface area (Å²) in [5.74, 6) is 2.79. The molecule has 0 spiro atoms. The first-order valence-corrected chi connectivity index (χ1v) is 8.67. The van der Waals surface area contributed by atoms with Gasteiger partial charge in [0.25, 0.3) is 0 Å². The third kappa shape index (κ3) is 4.23. The minimum atomic E-state index is 0.274. The molecule has 1 aromatic carbocycles. The Labute approximate surface area is 143 Å². The molecule has 2 aromatic rings. The van der Waals surface area contributed by atoms with Crippen molar-refractivity contribution in [2.75, 3.05) is 24.5 Å². The molecule has 5 nitrogen and oxygen atoms in total. The van der Waals surface area contributed by atoms with E-state index in [9.17, 15) is 0 Å². The third-order valence-corrected chi connectivity index (χ3v) is 4.37. The van der Waals surface area contributed by atoms with Gasteiger partial charge in [0.2, 0.25) is 0 Å². The minimum absolute atomic E-state index is 0.274. The monoisotopic (exact) mass is 326 g/mol. The van der Waals surface area contributed by atoms with Gasteiger partial charge in [0.15, 0.2) is 0 Å². The van der Waals surface area contributed by atoms with Crippen LogP contribution >= 0.6 is 0 Å². The molecule has 1 aliphatic rings. The van der Waals surface area contributed by atoms with Gasteiger partial charge in [-0.25, -0.2) is 9.97 Å². The molecule has 0 amide bonds. The van der Waals surface area contributed by atoms with Crippen molar-refractivity contribution >= 4 is 5.82 Å². The van der Waals surface area contributed by atoms with Crippen LogP contribution in [0.2, 0.25) is 0 Å². The molecule has 0 radical (unpaired) electrons. The summed E-state index contributed by atoms with van der Waals surface area (Å²) in [5, 5.41) is 0. The van der Waals surface area contributed by atoms with Crippen LogP contribution in [0, 0.1) is 13.8 Å². The Morgan fingerprint density at radius 1 is 1.12 bits per heavy atom. The zero-order valence-electron chi connectivity index (χ0n) is 14.5. The molecule has 24 heavy (non-hydrogen) atoms. The van der Waals surface area contributed by atoms with Gasteiger partial charge >= 0.3 is 0 Å². The predicted octanol–water partition coefficient (Wildman–Crippen LogP) is 2.64. The Balaban J connectivity index is 1.59. The normalized spacial score (nSPS) is 15.5. The van der Waals surface area contributed by atoms with Crippen LogP contribution in [0.15, 0.2) is 30.3 Å². The Morgan fingerprint density at radius 2 is 1.83 bits per heavy atom. The van der Waals surface area contributed by atoms with Crippen LogP contribution in [0.25, 0.3) is 0 Å². The molecule has 2 heterocycles. The molecule has 0 bridgehead atoms. The number of rotatable bonds is 5. The lowest BCUT2D eigenvalue weighted by atomic mass is 10.1. The second-order valence-electron chi connectivity index (χ2n) is 6.42. The molecule has 3 rings (SSSR count). The van der Waals surface area contributed by atoms with E-state index in [1.807, 2.05) is 6.92 Å². The summed E-state index contributed by atoms with van der Waals surface area (Å²) >= 11 is 0. The number of benzene rings is 1. The molecule has 5 heteroatoms. The number of aromatic nitrogens is 2. The van der Waals surface area contributed by atoms with Gasteiger partial charge in [0.05, 0.1) is 0 Å². The van der Waals surface area contributed by atoms with Gasteiger partial charge in [-0.3, -0.25) is 0 Å². The predicted molar refractivity (Wildman–Crippen MR) is 96.6 cm³/mol. The lowest BCUT2D eigenvalue weighted by molar-refractivity contribution is 0.170. The molecule has 2 N–H and O–H groups in total. The molecule has 0 aliphatic carbocycles. The molecule has 1 saturated heterocycles. The standard InChI is InChI=1S/C19H26N4O/c1-14-3-5-17(6-4-14)24-18-8-11-23(12-9-18)19-13-16(7-10-20)21-15(2)22-19/h3-6,13,18H,7-12,20H2,1-2H3. The maximum Gasteiger partial charge on any atom is 0.132 e. The second kappa shape index (κ2) is 7.62. The Hall–Kier alpha value is -2.14. The highest BCUT2D eigenvalue weighted by Crippen LogP contribution is 2.23. The Bertz CT molecular complexity index is 664. The van der Waals surface area contributed by atoms with Crippen LogP contribution in [-0.4, -0.2) is 35.7 Å². The number of nitrogens with zero attached hydrogens (tertiary/aromatic N) is 3. The average Bonchev–Trinajstić information content (AvgIpc) is 2.57. The van der Waals surface area contributed by atoms with Gasteiger partial charge < -0.3 is 15.4 Å². The minimum Gasteiger partial charge on any atom is -0.490 e. The number of hydrogen-bond acceptors (Lipinski definition) is 5. The zero-order valence-corrected chi connectivity index (χ0v) is 14.5. The fourth-order valence-electron chi connectivity index (χ4n) is 3.06. The van der Waals surface area contributed by atoms with Crippen LogP contribution < -0.4 is 15.4 Å². The molecular formula is C19H26N4O. The summed E-state index contributed by atoms with van der Waals surface area (Å²) < 4.78 is 6.10. The first-order chi connectivity index (χ1) is 11.6. The largest absolute Gasteiger partial charge is 0.490 e. The number of anilines is 1. The number of ether oxygens (including phenoxy) is 1. The van der Waals surface area contributed by atoms with E-state index in [0.29, 0.717) is 6.54 Å². The van der Waals surface area contributed by atoms with Gasteiger partial charge in [0.1, 0.15) is 23.5 Å². The van der Waals surface area contributed by atoms with Gasteiger partial charge in [-0.15, -0.1) is 0 Å². The van der Waals surface area contributed by atoms with E-state index >= 15 is 0 Å². The van der Waals surface area contributed by atoms with E-state index < -0.39 is 0 Å².